The molecule has 5 rings (SSSR count). The van der Waals surface area contributed by atoms with Gasteiger partial charge in [0.2, 0.25) is 5.91 Å². The largest absolute Gasteiger partial charge is 0.352 e. The first kappa shape index (κ1) is 19.0. The molecule has 1 saturated carbocycles. The Bertz CT molecular complexity index is 1030. The molecule has 0 unspecified atom stereocenters. The Balaban J connectivity index is 1.24. The summed E-state index contributed by atoms with van der Waals surface area (Å²) < 4.78 is 0. The van der Waals surface area contributed by atoms with Gasteiger partial charge in [0, 0.05) is 43.6 Å². The highest BCUT2D eigenvalue weighted by molar-refractivity contribution is 5.94. The third-order valence-electron chi connectivity index (χ3n) is 7.04. The van der Waals surface area contributed by atoms with Crippen molar-refractivity contribution in [1.82, 2.24) is 20.2 Å². The van der Waals surface area contributed by atoms with Crippen LogP contribution in [0.3, 0.4) is 0 Å². The van der Waals surface area contributed by atoms with Crippen LogP contribution < -0.4 is 10.9 Å². The molecule has 2 amide bonds. The number of carbonyl (C=O) groups is 2. The van der Waals surface area contributed by atoms with E-state index in [9.17, 15) is 14.4 Å². The second kappa shape index (κ2) is 7.70. The number of hydrogen-bond donors (Lipinski definition) is 2. The van der Waals surface area contributed by atoms with Crippen molar-refractivity contribution < 1.29 is 9.59 Å². The monoisotopic (exact) mass is 406 g/mol. The Hall–Kier alpha value is -2.96. The smallest absolute Gasteiger partial charge is 0.261 e. The summed E-state index contributed by atoms with van der Waals surface area (Å²) in [6, 6.07) is 5.56. The number of nitrogens with zero attached hydrogens (tertiary/aromatic N) is 2. The van der Waals surface area contributed by atoms with Crippen molar-refractivity contribution >= 4 is 11.8 Å². The molecular formula is C23H26N4O3. The zero-order valence-corrected chi connectivity index (χ0v) is 16.9. The Kier molecular flexibility index (Phi) is 4.89. The van der Waals surface area contributed by atoms with Crippen LogP contribution in [0, 0.1) is 17.8 Å². The molecule has 2 fully saturated rings. The van der Waals surface area contributed by atoms with Crippen LogP contribution in [0.15, 0.2) is 35.4 Å². The molecule has 30 heavy (non-hydrogen) atoms. The summed E-state index contributed by atoms with van der Waals surface area (Å²) in [6.07, 6.45) is 8.02. The van der Waals surface area contributed by atoms with Crippen molar-refractivity contribution in [2.45, 2.75) is 38.6 Å². The number of hydrogen-bond acceptors (Lipinski definition) is 4. The van der Waals surface area contributed by atoms with Gasteiger partial charge in [0.1, 0.15) is 5.56 Å². The maximum atomic E-state index is 13.1. The van der Waals surface area contributed by atoms with E-state index >= 15 is 0 Å². The molecule has 3 heterocycles. The first-order valence-corrected chi connectivity index (χ1v) is 10.8. The van der Waals surface area contributed by atoms with Gasteiger partial charge in [-0.1, -0.05) is 0 Å². The van der Waals surface area contributed by atoms with Gasteiger partial charge in [-0.2, -0.15) is 0 Å². The summed E-state index contributed by atoms with van der Waals surface area (Å²) in [5.41, 5.74) is 3.03. The molecule has 1 aliphatic heterocycles. The van der Waals surface area contributed by atoms with Crippen molar-refractivity contribution in [2.24, 2.45) is 17.8 Å². The van der Waals surface area contributed by atoms with Crippen molar-refractivity contribution in [2.75, 3.05) is 13.1 Å². The third-order valence-corrected chi connectivity index (χ3v) is 7.04. The standard InChI is InChI=1S/C23H26N4O3/c28-21(25-12-14-4-7-24-8-5-14)17-10-15-6-9-27(13-19(15)17)23(30)18-11-16-2-1-3-20(16)26-22(18)29/h4-5,7-8,11,15,17,19H,1-3,6,9-10,12-13H2,(H,25,28)(H,26,29)/t15-,17-,19-/m1/s1. The SMILES string of the molecule is O=C(NCc1ccncc1)[C@@H]1C[C@H]2CCN(C(=O)c3cc4c([nH]c3=O)CCC4)C[C@H]21. The van der Waals surface area contributed by atoms with Crippen LogP contribution in [0.1, 0.15) is 46.4 Å². The number of nitrogens with one attached hydrogen (secondary N) is 2. The molecule has 2 aliphatic carbocycles. The van der Waals surface area contributed by atoms with Crippen LogP contribution in [0.2, 0.25) is 0 Å². The van der Waals surface area contributed by atoms with Crippen molar-refractivity contribution in [3.63, 3.8) is 0 Å². The zero-order chi connectivity index (χ0) is 20.7. The number of aromatic nitrogens is 2. The molecule has 0 radical (unpaired) electrons. The molecule has 7 nitrogen and oxygen atoms in total. The van der Waals surface area contributed by atoms with Crippen LogP contribution in [0.25, 0.3) is 0 Å². The Morgan fingerprint density at radius 2 is 2.07 bits per heavy atom. The van der Waals surface area contributed by atoms with E-state index in [1.807, 2.05) is 12.1 Å². The van der Waals surface area contributed by atoms with Gasteiger partial charge in [-0.15, -0.1) is 0 Å². The molecular weight excluding hydrogens is 380 g/mol. The number of likely N-dealkylation sites (tertiary alicyclic amines) is 1. The molecule has 7 heteroatoms. The van der Waals surface area contributed by atoms with Crippen LogP contribution in [0.5, 0.6) is 0 Å². The highest BCUT2D eigenvalue weighted by Crippen LogP contribution is 2.45. The van der Waals surface area contributed by atoms with Crippen molar-refractivity contribution in [3.8, 4) is 0 Å². The molecule has 0 bridgehead atoms. The predicted molar refractivity (Wildman–Crippen MR) is 111 cm³/mol. The number of aromatic amines is 1. The molecule has 1 saturated heterocycles. The average Bonchev–Trinajstić information content (AvgIpc) is 3.20. The van der Waals surface area contributed by atoms with E-state index in [-0.39, 0.29) is 34.8 Å². The summed E-state index contributed by atoms with van der Waals surface area (Å²) in [7, 11) is 0. The number of carbonyl (C=O) groups excluding carboxylic acids is 2. The minimum absolute atomic E-state index is 0.0535. The zero-order valence-electron chi connectivity index (χ0n) is 16.9. The lowest BCUT2D eigenvalue weighted by atomic mass is 9.61. The fraction of sp³-hybridized carbons (Fsp3) is 0.478. The molecule has 2 aromatic heterocycles. The van der Waals surface area contributed by atoms with Gasteiger partial charge in [0.05, 0.1) is 0 Å². The maximum Gasteiger partial charge on any atom is 0.261 e. The van der Waals surface area contributed by atoms with Crippen LogP contribution >= 0.6 is 0 Å². The maximum absolute atomic E-state index is 13.1. The molecule has 0 spiro atoms. The second-order valence-corrected chi connectivity index (χ2v) is 8.75. The minimum atomic E-state index is -0.289. The van der Waals surface area contributed by atoms with Crippen LogP contribution in [-0.2, 0) is 24.2 Å². The van der Waals surface area contributed by atoms with Gasteiger partial charge >= 0.3 is 0 Å². The number of aryl methyl sites for hydroxylation is 2. The number of piperidine rings is 1. The first-order chi connectivity index (χ1) is 14.6. The first-order valence-electron chi connectivity index (χ1n) is 10.8. The molecule has 156 valence electrons. The van der Waals surface area contributed by atoms with Gasteiger partial charge < -0.3 is 15.2 Å². The summed E-state index contributed by atoms with van der Waals surface area (Å²) in [4.78, 5) is 46.9. The topological polar surface area (TPSA) is 95.2 Å². The Labute approximate surface area is 174 Å². The fourth-order valence-corrected chi connectivity index (χ4v) is 5.23. The van der Waals surface area contributed by atoms with E-state index < -0.39 is 0 Å². The lowest BCUT2D eigenvalue weighted by molar-refractivity contribution is -0.136. The lowest BCUT2D eigenvalue weighted by Gasteiger charge is -2.50. The minimum Gasteiger partial charge on any atom is -0.352 e. The third kappa shape index (κ3) is 3.42. The highest BCUT2D eigenvalue weighted by Gasteiger charge is 2.48. The lowest BCUT2D eigenvalue weighted by Crippen LogP contribution is -2.56. The number of fused-ring (bicyclic) bond motifs is 2. The second-order valence-electron chi connectivity index (χ2n) is 8.75. The molecule has 0 aromatic carbocycles. The van der Waals surface area contributed by atoms with Gasteiger partial charge in [-0.3, -0.25) is 19.4 Å². The van der Waals surface area contributed by atoms with E-state index in [4.69, 9.17) is 0 Å². The van der Waals surface area contributed by atoms with E-state index in [1.54, 1.807) is 23.4 Å². The molecule has 2 N–H and O–H groups in total. The van der Waals surface area contributed by atoms with Gasteiger partial charge in [-0.25, -0.2) is 0 Å². The summed E-state index contributed by atoms with van der Waals surface area (Å²) in [6.45, 7) is 1.69. The van der Waals surface area contributed by atoms with E-state index in [0.717, 1.165) is 48.9 Å². The number of pyridine rings is 2. The van der Waals surface area contributed by atoms with Gasteiger partial charge in [0.25, 0.3) is 11.5 Å². The number of amides is 2. The number of rotatable bonds is 4. The summed E-state index contributed by atoms with van der Waals surface area (Å²) in [5.74, 6) is 0.452. The van der Waals surface area contributed by atoms with Gasteiger partial charge in [-0.05, 0) is 73.3 Å². The molecule has 3 aliphatic rings. The Morgan fingerprint density at radius 1 is 1.23 bits per heavy atom. The van der Waals surface area contributed by atoms with E-state index in [2.05, 4.69) is 15.3 Å². The predicted octanol–water partition coefficient (Wildman–Crippen LogP) is 1.67. The van der Waals surface area contributed by atoms with E-state index in [1.165, 1.54) is 0 Å². The molecule has 2 aromatic rings. The fourth-order valence-electron chi connectivity index (χ4n) is 5.23. The average molecular weight is 406 g/mol. The molecule has 3 atom stereocenters. The van der Waals surface area contributed by atoms with Gasteiger partial charge in [0.15, 0.2) is 0 Å². The normalized spacial score (nSPS) is 24.5. The Morgan fingerprint density at radius 3 is 2.90 bits per heavy atom. The van der Waals surface area contributed by atoms with Crippen LogP contribution in [0.4, 0.5) is 0 Å². The van der Waals surface area contributed by atoms with Crippen molar-refractivity contribution in [1.29, 1.82) is 0 Å². The summed E-state index contributed by atoms with van der Waals surface area (Å²) >= 11 is 0. The van der Waals surface area contributed by atoms with Crippen LogP contribution in [-0.4, -0.2) is 39.8 Å². The van der Waals surface area contributed by atoms with Crippen molar-refractivity contribution in [3.05, 3.63) is 63.3 Å². The summed E-state index contributed by atoms with van der Waals surface area (Å²) in [5, 5.41) is 3.02. The highest BCUT2D eigenvalue weighted by atomic mass is 16.2. The van der Waals surface area contributed by atoms with E-state index in [0.29, 0.717) is 25.6 Å². The number of H-pyrrole nitrogens is 1. The quantitative estimate of drug-likeness (QED) is 0.808.